The van der Waals surface area contributed by atoms with Crippen molar-refractivity contribution in [3.8, 4) is 5.75 Å². The number of carbonyl (C=O) groups is 1. The maximum Gasteiger partial charge on any atom is 0.252 e. The molecule has 18 heavy (non-hydrogen) atoms. The van der Waals surface area contributed by atoms with Crippen molar-refractivity contribution < 1.29 is 9.53 Å². The Morgan fingerprint density at radius 2 is 2.22 bits per heavy atom. The van der Waals surface area contributed by atoms with Crippen molar-refractivity contribution >= 4 is 17.6 Å². The van der Waals surface area contributed by atoms with Gasteiger partial charge >= 0.3 is 0 Å². The first-order chi connectivity index (χ1) is 8.52. The Balaban J connectivity index is 2.06. The molecule has 1 saturated heterocycles. The highest BCUT2D eigenvalue weighted by atomic mass is 16.5. The van der Waals surface area contributed by atoms with Gasteiger partial charge in [-0.3, -0.25) is 10.1 Å². The van der Waals surface area contributed by atoms with E-state index in [2.05, 4.69) is 10.3 Å². The van der Waals surface area contributed by atoms with E-state index >= 15 is 0 Å². The Kier molecular flexibility index (Phi) is 2.14. The molecule has 0 aromatic heterocycles. The molecule has 3 rings (SSSR count). The molecule has 0 bridgehead atoms. The molecule has 1 N–H and O–H groups in total. The highest BCUT2D eigenvalue weighted by molar-refractivity contribution is 6.09. The number of rotatable bonds is 1. The fourth-order valence-electron chi connectivity index (χ4n) is 2.28. The number of guanidine groups is 1. The second-order valence-electron chi connectivity index (χ2n) is 5.03. The van der Waals surface area contributed by atoms with Crippen molar-refractivity contribution in [1.82, 2.24) is 10.2 Å². The van der Waals surface area contributed by atoms with Gasteiger partial charge < -0.3 is 9.64 Å². The summed E-state index contributed by atoms with van der Waals surface area (Å²) in [6.07, 6.45) is 0. The summed E-state index contributed by atoms with van der Waals surface area (Å²) in [5.41, 5.74) is 1.40. The van der Waals surface area contributed by atoms with E-state index in [0.717, 1.165) is 17.0 Å². The lowest BCUT2D eigenvalue weighted by atomic mass is 10.0. The number of carbonyl (C=O) groups excluding carboxylic acids is 1. The molecular weight excluding hydrogens is 230 g/mol. The molecule has 1 aromatic carbocycles. The highest BCUT2D eigenvalue weighted by Gasteiger charge is 2.45. The summed E-state index contributed by atoms with van der Waals surface area (Å²) >= 11 is 0. The number of aliphatic imine (C=N–C) groups is 1. The van der Waals surface area contributed by atoms with Crippen LogP contribution < -0.4 is 10.1 Å². The Bertz CT molecular complexity index is 563. The molecule has 0 saturated carbocycles. The Hall–Kier alpha value is -2.04. The minimum Gasteiger partial charge on any atom is -0.497 e. The van der Waals surface area contributed by atoms with Crippen LogP contribution >= 0.6 is 0 Å². The summed E-state index contributed by atoms with van der Waals surface area (Å²) in [5.74, 6) is 1.44. The summed E-state index contributed by atoms with van der Waals surface area (Å²) in [4.78, 5) is 18.3. The monoisotopic (exact) mass is 245 g/mol. The molecule has 94 valence electrons. The van der Waals surface area contributed by atoms with Crippen molar-refractivity contribution in [3.63, 3.8) is 0 Å². The van der Waals surface area contributed by atoms with E-state index in [1.807, 2.05) is 36.9 Å². The molecule has 2 aliphatic heterocycles. The minimum absolute atomic E-state index is 0.0129. The molecule has 1 fully saturated rings. The first kappa shape index (κ1) is 11.1. The van der Waals surface area contributed by atoms with Gasteiger partial charge in [0, 0.05) is 12.1 Å². The van der Waals surface area contributed by atoms with Crippen LogP contribution in [0.4, 0.5) is 5.69 Å². The molecule has 0 unspecified atom stereocenters. The molecular formula is C13H15N3O2. The van der Waals surface area contributed by atoms with Crippen LogP contribution in [0, 0.1) is 0 Å². The number of ether oxygens (including phenoxy) is 1. The third kappa shape index (κ3) is 1.40. The summed E-state index contributed by atoms with van der Waals surface area (Å²) in [5, 5.41) is 2.82. The fourth-order valence-corrected chi connectivity index (χ4v) is 2.28. The maximum absolute atomic E-state index is 11.9. The number of nitrogens with zero attached hydrogens (tertiary/aromatic N) is 2. The Morgan fingerprint density at radius 1 is 1.44 bits per heavy atom. The van der Waals surface area contributed by atoms with Gasteiger partial charge in [0.15, 0.2) is 0 Å². The van der Waals surface area contributed by atoms with Crippen LogP contribution in [0.5, 0.6) is 5.75 Å². The van der Waals surface area contributed by atoms with E-state index in [0.29, 0.717) is 12.5 Å². The summed E-state index contributed by atoms with van der Waals surface area (Å²) < 4.78 is 5.22. The number of nitrogens with one attached hydrogen (secondary N) is 1. The largest absolute Gasteiger partial charge is 0.497 e. The average Bonchev–Trinajstić information content (AvgIpc) is 2.57. The first-order valence-electron chi connectivity index (χ1n) is 5.87. The van der Waals surface area contributed by atoms with Crippen molar-refractivity contribution in [3.05, 3.63) is 23.8 Å². The third-order valence-corrected chi connectivity index (χ3v) is 3.55. The van der Waals surface area contributed by atoms with Gasteiger partial charge in [-0.1, -0.05) is 0 Å². The van der Waals surface area contributed by atoms with Gasteiger partial charge in [-0.25, -0.2) is 4.99 Å². The zero-order valence-electron chi connectivity index (χ0n) is 10.7. The first-order valence-corrected chi connectivity index (χ1v) is 5.87. The molecule has 1 aromatic rings. The number of hydrogen-bond donors (Lipinski definition) is 1. The molecule has 2 aliphatic rings. The van der Waals surface area contributed by atoms with Crippen LogP contribution in [0.1, 0.15) is 19.4 Å². The van der Waals surface area contributed by atoms with E-state index in [-0.39, 0.29) is 5.91 Å². The molecule has 1 amide bonds. The van der Waals surface area contributed by atoms with Gasteiger partial charge in [0.2, 0.25) is 5.96 Å². The average molecular weight is 245 g/mol. The standard InChI is InChI=1S/C13H15N3O2/c1-13(2)11(17)15-12-14-10-5-4-9(18-3)6-8(10)7-16(12)13/h4-6H,7H2,1-3H3,(H,14,15,17). The van der Waals surface area contributed by atoms with Crippen LogP contribution in [-0.2, 0) is 11.3 Å². The topological polar surface area (TPSA) is 53.9 Å². The van der Waals surface area contributed by atoms with Gasteiger partial charge in [0.05, 0.1) is 12.8 Å². The third-order valence-electron chi connectivity index (χ3n) is 3.55. The summed E-state index contributed by atoms with van der Waals surface area (Å²) in [6.45, 7) is 4.46. The Morgan fingerprint density at radius 3 is 2.94 bits per heavy atom. The van der Waals surface area contributed by atoms with Gasteiger partial charge in [0.1, 0.15) is 11.3 Å². The smallest absolute Gasteiger partial charge is 0.252 e. The number of fused-ring (bicyclic) bond motifs is 2. The van der Waals surface area contributed by atoms with Crippen LogP contribution in [0.25, 0.3) is 0 Å². The predicted molar refractivity (Wildman–Crippen MR) is 67.9 cm³/mol. The summed E-state index contributed by atoms with van der Waals surface area (Å²) in [6, 6.07) is 5.75. The predicted octanol–water partition coefficient (Wildman–Crippen LogP) is 1.41. The van der Waals surface area contributed by atoms with E-state index < -0.39 is 5.54 Å². The number of benzene rings is 1. The lowest BCUT2D eigenvalue weighted by Crippen LogP contribution is -2.44. The quantitative estimate of drug-likeness (QED) is 0.813. The normalized spacial score (nSPS) is 19.8. The highest BCUT2D eigenvalue weighted by Crippen LogP contribution is 2.34. The van der Waals surface area contributed by atoms with Gasteiger partial charge in [-0.05, 0) is 32.0 Å². The lowest BCUT2D eigenvalue weighted by molar-refractivity contribution is -0.125. The fraction of sp³-hybridized carbons (Fsp3) is 0.385. The van der Waals surface area contributed by atoms with Crippen molar-refractivity contribution in [2.45, 2.75) is 25.9 Å². The molecule has 0 spiro atoms. The molecule has 5 nitrogen and oxygen atoms in total. The van der Waals surface area contributed by atoms with Gasteiger partial charge in [-0.15, -0.1) is 0 Å². The van der Waals surface area contributed by atoms with Crippen LogP contribution in [0.15, 0.2) is 23.2 Å². The van der Waals surface area contributed by atoms with Crippen molar-refractivity contribution in [2.24, 2.45) is 4.99 Å². The van der Waals surface area contributed by atoms with E-state index in [1.165, 1.54) is 0 Å². The second kappa shape index (κ2) is 3.48. The summed E-state index contributed by atoms with van der Waals surface area (Å²) in [7, 11) is 1.64. The van der Waals surface area contributed by atoms with Gasteiger partial charge in [0.25, 0.3) is 5.91 Å². The van der Waals surface area contributed by atoms with Gasteiger partial charge in [-0.2, -0.15) is 0 Å². The molecule has 0 aliphatic carbocycles. The maximum atomic E-state index is 11.9. The number of amides is 1. The zero-order valence-corrected chi connectivity index (χ0v) is 10.7. The van der Waals surface area contributed by atoms with E-state index in [4.69, 9.17) is 4.74 Å². The molecule has 2 heterocycles. The Labute approximate surface area is 105 Å². The zero-order chi connectivity index (χ0) is 12.9. The van der Waals surface area contributed by atoms with Crippen molar-refractivity contribution in [1.29, 1.82) is 0 Å². The van der Waals surface area contributed by atoms with Crippen LogP contribution in [-0.4, -0.2) is 29.4 Å². The van der Waals surface area contributed by atoms with Crippen LogP contribution in [0.2, 0.25) is 0 Å². The molecule has 0 atom stereocenters. The van der Waals surface area contributed by atoms with E-state index in [1.54, 1.807) is 7.11 Å². The van der Waals surface area contributed by atoms with E-state index in [9.17, 15) is 4.79 Å². The second-order valence-corrected chi connectivity index (χ2v) is 5.03. The molecule has 0 radical (unpaired) electrons. The number of methoxy groups -OCH3 is 1. The van der Waals surface area contributed by atoms with Crippen molar-refractivity contribution in [2.75, 3.05) is 7.11 Å². The molecule has 5 heteroatoms. The SMILES string of the molecule is COc1ccc2c(c1)CN1C(=N2)NC(=O)C1(C)C. The minimum atomic E-state index is -0.556. The number of hydrogen-bond acceptors (Lipinski definition) is 4. The van der Waals surface area contributed by atoms with Crippen LogP contribution in [0.3, 0.4) is 0 Å². The lowest BCUT2D eigenvalue weighted by Gasteiger charge is -2.32.